The summed E-state index contributed by atoms with van der Waals surface area (Å²) in [6.45, 7) is 5.06. The Kier molecular flexibility index (Phi) is 8.85. The van der Waals surface area contributed by atoms with Crippen LogP contribution in [0.25, 0.3) is 49.4 Å². The summed E-state index contributed by atoms with van der Waals surface area (Å²) in [6.07, 6.45) is 13.0. The molecule has 0 bridgehead atoms. The van der Waals surface area contributed by atoms with Gasteiger partial charge < -0.3 is 10.5 Å². The van der Waals surface area contributed by atoms with Crippen LogP contribution >= 0.6 is 15.9 Å². The third kappa shape index (κ3) is 5.95. The van der Waals surface area contributed by atoms with E-state index in [-0.39, 0.29) is 5.56 Å². The number of hydrogen-bond acceptors (Lipinski definition) is 4. The van der Waals surface area contributed by atoms with Gasteiger partial charge in [-0.05, 0) is 77.9 Å². The van der Waals surface area contributed by atoms with Crippen LogP contribution < -0.4 is 16.0 Å². The molecule has 43 heavy (non-hydrogen) atoms. The van der Waals surface area contributed by atoms with Gasteiger partial charge in [0.05, 0.1) is 17.8 Å². The summed E-state index contributed by atoms with van der Waals surface area (Å²) in [5.41, 5.74) is 12.1. The van der Waals surface area contributed by atoms with E-state index >= 15 is 0 Å². The van der Waals surface area contributed by atoms with Crippen molar-refractivity contribution in [2.75, 3.05) is 12.3 Å². The van der Waals surface area contributed by atoms with E-state index in [4.69, 9.17) is 15.5 Å². The minimum Gasteiger partial charge on any atom is -0.494 e. The number of fused-ring (bicyclic) bond motifs is 4. The van der Waals surface area contributed by atoms with E-state index in [9.17, 15) is 4.79 Å². The molecule has 0 unspecified atom stereocenters. The van der Waals surface area contributed by atoms with Gasteiger partial charge in [-0.25, -0.2) is 4.98 Å². The van der Waals surface area contributed by atoms with Gasteiger partial charge in [0.2, 0.25) is 0 Å². The molecule has 4 aromatic carbocycles. The minimum atomic E-state index is -0.0880. The van der Waals surface area contributed by atoms with Gasteiger partial charge in [0.1, 0.15) is 16.9 Å². The fourth-order valence-corrected chi connectivity index (χ4v) is 6.85. The van der Waals surface area contributed by atoms with Crippen LogP contribution in [-0.2, 0) is 0 Å². The molecule has 5 nitrogen and oxygen atoms in total. The average molecular weight is 639 g/mol. The largest absolute Gasteiger partial charge is 0.494 e. The Hall–Kier alpha value is -3.64. The molecule has 222 valence electrons. The number of anilines is 1. The summed E-state index contributed by atoms with van der Waals surface area (Å²) in [6, 6.07) is 20.2. The molecule has 0 aliphatic rings. The molecule has 6 heteroatoms. The molecule has 0 spiro atoms. The van der Waals surface area contributed by atoms with E-state index in [1.54, 1.807) is 4.40 Å². The molecule has 0 atom stereocenters. The Balaban J connectivity index is 1.23. The van der Waals surface area contributed by atoms with Gasteiger partial charge in [-0.2, -0.15) is 0 Å². The number of nitrogens with two attached hydrogens (primary N) is 1. The molecule has 0 amide bonds. The van der Waals surface area contributed by atoms with Gasteiger partial charge in [0.15, 0.2) is 0 Å². The van der Waals surface area contributed by atoms with Crippen molar-refractivity contribution in [1.82, 2.24) is 9.38 Å². The van der Waals surface area contributed by atoms with Gasteiger partial charge in [0.25, 0.3) is 5.56 Å². The number of rotatable bonds is 13. The number of imidazole rings is 1. The standard InChI is InChI=1S/C37H40BrN3O2/c1-3-4-5-6-7-8-9-10-11-12-18-43-27-20-24(2)19-25(21-27)26-22-32(39)35-33(23-26)41-36(40-35)29-16-17-31(38)28-14-13-15-30(34(28)29)37(41)42/h13-17,19-23H,3-12,18,39H2,1-2H3. The zero-order valence-electron chi connectivity index (χ0n) is 25.2. The number of aromatic nitrogens is 2. The van der Waals surface area contributed by atoms with E-state index in [1.807, 2.05) is 42.5 Å². The first-order valence-corrected chi connectivity index (χ1v) is 16.6. The minimum absolute atomic E-state index is 0.0880. The lowest BCUT2D eigenvalue weighted by molar-refractivity contribution is 0.304. The SMILES string of the molecule is CCCCCCCCCCCCOc1cc(C)cc(-c2cc(N)c3nc4c5ccc(Br)c6cccc(c(=O)n4c3c2)c65)c1. The molecular weight excluding hydrogens is 598 g/mol. The Labute approximate surface area is 261 Å². The van der Waals surface area contributed by atoms with Crippen molar-refractivity contribution in [3.63, 3.8) is 0 Å². The second-order valence-electron chi connectivity index (χ2n) is 11.9. The molecule has 0 radical (unpaired) electrons. The van der Waals surface area contributed by atoms with Crippen molar-refractivity contribution in [2.45, 2.75) is 78.1 Å². The first-order chi connectivity index (χ1) is 21.0. The first kappa shape index (κ1) is 29.4. The van der Waals surface area contributed by atoms with Crippen LogP contribution in [0.5, 0.6) is 5.75 Å². The van der Waals surface area contributed by atoms with Crippen LogP contribution in [0.2, 0.25) is 0 Å². The predicted molar refractivity (Wildman–Crippen MR) is 185 cm³/mol. The van der Waals surface area contributed by atoms with Crippen molar-refractivity contribution >= 4 is 59.8 Å². The normalized spacial score (nSPS) is 11.9. The number of unbranched alkanes of at least 4 members (excludes halogenated alkanes) is 9. The van der Waals surface area contributed by atoms with Crippen molar-refractivity contribution in [3.05, 3.63) is 81.1 Å². The molecule has 0 fully saturated rings. The zero-order valence-corrected chi connectivity index (χ0v) is 26.8. The van der Waals surface area contributed by atoms with Crippen molar-refractivity contribution in [1.29, 1.82) is 0 Å². The summed E-state index contributed by atoms with van der Waals surface area (Å²) in [5.74, 6) is 0.863. The van der Waals surface area contributed by atoms with Gasteiger partial charge in [-0.3, -0.25) is 9.20 Å². The second kappa shape index (κ2) is 12.9. The molecule has 0 saturated carbocycles. The average Bonchev–Trinajstić information content (AvgIpc) is 3.40. The van der Waals surface area contributed by atoms with Gasteiger partial charge in [-0.15, -0.1) is 0 Å². The third-order valence-electron chi connectivity index (χ3n) is 8.60. The van der Waals surface area contributed by atoms with Crippen molar-refractivity contribution < 1.29 is 4.74 Å². The number of nitrogens with zero attached hydrogens (tertiary/aromatic N) is 2. The quantitative estimate of drug-likeness (QED) is 0.101. The number of pyridine rings is 1. The fraction of sp³-hybridized carbons (Fsp3) is 0.351. The molecule has 6 aromatic rings. The number of benzene rings is 4. The molecule has 2 heterocycles. The maximum absolute atomic E-state index is 13.9. The maximum atomic E-state index is 13.9. The fourth-order valence-electron chi connectivity index (χ4n) is 6.39. The number of hydrogen-bond donors (Lipinski definition) is 1. The summed E-state index contributed by atoms with van der Waals surface area (Å²) in [5, 5.41) is 3.53. The summed E-state index contributed by atoms with van der Waals surface area (Å²) < 4.78 is 8.88. The van der Waals surface area contributed by atoms with Crippen LogP contribution in [0.1, 0.15) is 76.7 Å². The van der Waals surface area contributed by atoms with E-state index in [0.717, 1.165) is 55.0 Å². The van der Waals surface area contributed by atoms with Crippen LogP contribution in [-0.4, -0.2) is 16.0 Å². The molecule has 0 aliphatic heterocycles. The monoisotopic (exact) mass is 637 g/mol. The van der Waals surface area contributed by atoms with Gasteiger partial charge in [-0.1, -0.05) is 98.8 Å². The number of ether oxygens (including phenoxy) is 1. The molecule has 6 rings (SSSR count). The van der Waals surface area contributed by atoms with Crippen molar-refractivity contribution in [3.8, 4) is 16.9 Å². The van der Waals surface area contributed by atoms with E-state index < -0.39 is 0 Å². The maximum Gasteiger partial charge on any atom is 0.264 e. The summed E-state index contributed by atoms with van der Waals surface area (Å²) in [4.78, 5) is 18.8. The number of nitrogen functional groups attached to an aromatic ring is 1. The van der Waals surface area contributed by atoms with E-state index in [1.165, 1.54) is 57.8 Å². The van der Waals surface area contributed by atoms with Crippen LogP contribution in [0.3, 0.4) is 0 Å². The highest BCUT2D eigenvalue weighted by atomic mass is 79.9. The van der Waals surface area contributed by atoms with Crippen LogP contribution in [0.15, 0.2) is 69.9 Å². The number of halogens is 1. The summed E-state index contributed by atoms with van der Waals surface area (Å²) in [7, 11) is 0. The predicted octanol–water partition coefficient (Wildman–Crippen LogP) is 10.2. The zero-order chi connectivity index (χ0) is 29.9. The highest BCUT2D eigenvalue weighted by molar-refractivity contribution is 9.10. The molecule has 2 N–H and O–H groups in total. The van der Waals surface area contributed by atoms with Gasteiger partial charge in [0, 0.05) is 20.6 Å². The molecule has 0 aliphatic carbocycles. The topological polar surface area (TPSA) is 69.6 Å². The Bertz CT molecular complexity index is 1960. The Morgan fingerprint density at radius 1 is 0.814 bits per heavy atom. The smallest absolute Gasteiger partial charge is 0.264 e. The first-order valence-electron chi connectivity index (χ1n) is 15.8. The molecular formula is C37H40BrN3O2. The molecule has 2 aromatic heterocycles. The lowest BCUT2D eigenvalue weighted by Crippen LogP contribution is -2.13. The van der Waals surface area contributed by atoms with E-state index in [2.05, 4.69) is 48.0 Å². The third-order valence-corrected chi connectivity index (χ3v) is 9.29. The highest BCUT2D eigenvalue weighted by Gasteiger charge is 2.19. The highest BCUT2D eigenvalue weighted by Crippen LogP contribution is 2.36. The Morgan fingerprint density at radius 3 is 2.28 bits per heavy atom. The Morgan fingerprint density at radius 2 is 1.51 bits per heavy atom. The second-order valence-corrected chi connectivity index (χ2v) is 12.8. The lowest BCUT2D eigenvalue weighted by atomic mass is 10.0. The van der Waals surface area contributed by atoms with E-state index in [0.29, 0.717) is 28.8 Å². The molecule has 0 saturated heterocycles. The van der Waals surface area contributed by atoms with Crippen LogP contribution in [0, 0.1) is 6.92 Å². The lowest BCUT2D eigenvalue weighted by Gasteiger charge is -2.11. The van der Waals surface area contributed by atoms with Crippen LogP contribution in [0.4, 0.5) is 5.69 Å². The summed E-state index contributed by atoms with van der Waals surface area (Å²) >= 11 is 3.64. The van der Waals surface area contributed by atoms with Gasteiger partial charge >= 0.3 is 0 Å². The van der Waals surface area contributed by atoms with Crippen molar-refractivity contribution in [2.24, 2.45) is 0 Å². The number of aryl methyl sites for hydroxylation is 1.